The molecule has 0 unspecified atom stereocenters. The fourth-order valence-corrected chi connectivity index (χ4v) is 4.61. The van der Waals surface area contributed by atoms with E-state index in [2.05, 4.69) is 11.1 Å². The minimum atomic E-state index is 0.0758. The van der Waals surface area contributed by atoms with Crippen LogP contribution in [0, 0.1) is 0 Å². The first-order chi connectivity index (χ1) is 13.3. The van der Waals surface area contributed by atoms with Gasteiger partial charge in [0.15, 0.2) is 11.5 Å². The van der Waals surface area contributed by atoms with E-state index in [4.69, 9.17) is 9.47 Å². The van der Waals surface area contributed by atoms with Crippen LogP contribution in [-0.4, -0.2) is 35.5 Å². The molecule has 2 aromatic carbocycles. The maximum absolute atomic E-state index is 13.2. The van der Waals surface area contributed by atoms with Crippen molar-refractivity contribution in [2.24, 2.45) is 0 Å². The van der Waals surface area contributed by atoms with Crippen molar-refractivity contribution in [1.82, 2.24) is 9.88 Å². The van der Waals surface area contributed by atoms with Crippen LogP contribution in [0.3, 0.4) is 0 Å². The van der Waals surface area contributed by atoms with Crippen molar-refractivity contribution in [2.75, 3.05) is 19.8 Å². The molecule has 3 heterocycles. The molecule has 2 aliphatic heterocycles. The lowest BCUT2D eigenvalue weighted by Gasteiger charge is -2.26. The monoisotopic (exact) mass is 380 g/mol. The van der Waals surface area contributed by atoms with Gasteiger partial charge in [0, 0.05) is 18.5 Å². The predicted molar refractivity (Wildman–Crippen MR) is 105 cm³/mol. The lowest BCUT2D eigenvalue weighted by molar-refractivity contribution is 0.0735. The number of thiazole rings is 1. The number of carbonyl (C=O) groups is 1. The summed E-state index contributed by atoms with van der Waals surface area (Å²) < 4.78 is 12.6. The van der Waals surface area contributed by atoms with Crippen molar-refractivity contribution in [1.29, 1.82) is 0 Å². The Bertz CT molecular complexity index is 1000. The zero-order valence-electron chi connectivity index (χ0n) is 14.9. The number of amides is 1. The average molecular weight is 380 g/mol. The Hall–Kier alpha value is -2.60. The van der Waals surface area contributed by atoms with E-state index in [0.717, 1.165) is 58.6 Å². The Morgan fingerprint density at radius 2 is 1.96 bits per heavy atom. The zero-order valence-corrected chi connectivity index (χ0v) is 15.7. The third-order valence-electron chi connectivity index (χ3n) is 5.25. The minimum Gasteiger partial charge on any atom is -0.490 e. The summed E-state index contributed by atoms with van der Waals surface area (Å²) >= 11 is 1.56. The number of likely N-dealkylation sites (tertiary alicyclic amines) is 1. The molecular weight excluding hydrogens is 360 g/mol. The highest BCUT2D eigenvalue weighted by Crippen LogP contribution is 2.38. The van der Waals surface area contributed by atoms with Gasteiger partial charge in [0.2, 0.25) is 0 Å². The Kier molecular flexibility index (Phi) is 4.20. The number of benzene rings is 2. The van der Waals surface area contributed by atoms with Crippen LogP contribution >= 0.6 is 11.3 Å². The van der Waals surface area contributed by atoms with Gasteiger partial charge in [0.05, 0.1) is 35.0 Å². The third kappa shape index (κ3) is 3.04. The quantitative estimate of drug-likeness (QED) is 0.660. The van der Waals surface area contributed by atoms with Crippen molar-refractivity contribution < 1.29 is 14.3 Å². The first-order valence-electron chi connectivity index (χ1n) is 9.33. The molecular formula is C21H20N2O3S. The molecule has 6 heteroatoms. The summed E-state index contributed by atoms with van der Waals surface area (Å²) in [5.74, 6) is 1.66. The van der Waals surface area contributed by atoms with Crippen LogP contribution in [-0.2, 0) is 0 Å². The molecule has 5 nitrogen and oxygen atoms in total. The number of hydrogen-bond donors (Lipinski definition) is 0. The van der Waals surface area contributed by atoms with Gasteiger partial charge in [-0.3, -0.25) is 4.79 Å². The summed E-state index contributed by atoms with van der Waals surface area (Å²) in [6, 6.07) is 11.9. The predicted octanol–water partition coefficient (Wildman–Crippen LogP) is 4.43. The lowest BCUT2D eigenvalue weighted by atomic mass is 10.0. The fraction of sp³-hybridized carbons (Fsp3) is 0.333. The van der Waals surface area contributed by atoms with Gasteiger partial charge in [-0.25, -0.2) is 4.98 Å². The van der Waals surface area contributed by atoms with Crippen LogP contribution in [0.5, 0.6) is 11.5 Å². The molecule has 1 fully saturated rings. The van der Waals surface area contributed by atoms with Crippen molar-refractivity contribution in [3.05, 3.63) is 53.0 Å². The maximum Gasteiger partial charge on any atom is 0.254 e. The third-order valence-corrected chi connectivity index (χ3v) is 6.04. The number of nitrogens with zero attached hydrogens (tertiary/aromatic N) is 2. The van der Waals surface area contributed by atoms with E-state index in [9.17, 15) is 4.79 Å². The average Bonchev–Trinajstić information content (AvgIpc) is 3.31. The van der Waals surface area contributed by atoms with Crippen LogP contribution in [0.15, 0.2) is 41.9 Å². The minimum absolute atomic E-state index is 0.0758. The molecule has 0 N–H and O–H groups in total. The molecule has 0 aliphatic carbocycles. The van der Waals surface area contributed by atoms with Gasteiger partial charge in [-0.1, -0.05) is 6.07 Å². The van der Waals surface area contributed by atoms with E-state index in [1.807, 2.05) is 40.7 Å². The molecule has 1 aromatic heterocycles. The summed E-state index contributed by atoms with van der Waals surface area (Å²) in [5, 5.41) is 0. The second-order valence-electron chi connectivity index (χ2n) is 6.95. The summed E-state index contributed by atoms with van der Waals surface area (Å²) in [6.07, 6.45) is 2.86. The van der Waals surface area contributed by atoms with E-state index < -0.39 is 0 Å². The van der Waals surface area contributed by atoms with Crippen molar-refractivity contribution in [3.63, 3.8) is 0 Å². The Morgan fingerprint density at radius 3 is 2.89 bits per heavy atom. The number of hydrogen-bond acceptors (Lipinski definition) is 5. The number of carbonyl (C=O) groups excluding carboxylic acids is 1. The van der Waals surface area contributed by atoms with E-state index in [0.29, 0.717) is 13.2 Å². The van der Waals surface area contributed by atoms with Crippen LogP contribution in [0.1, 0.15) is 41.2 Å². The van der Waals surface area contributed by atoms with Crippen LogP contribution in [0.4, 0.5) is 0 Å². The summed E-state index contributed by atoms with van der Waals surface area (Å²) in [5.41, 5.74) is 4.60. The molecule has 1 saturated heterocycles. The molecule has 2 aliphatic rings. The van der Waals surface area contributed by atoms with Gasteiger partial charge < -0.3 is 14.4 Å². The topological polar surface area (TPSA) is 51.7 Å². The highest BCUT2D eigenvalue weighted by atomic mass is 32.1. The second-order valence-corrected chi connectivity index (χ2v) is 7.83. The number of fused-ring (bicyclic) bond motifs is 2. The van der Waals surface area contributed by atoms with Crippen molar-refractivity contribution in [3.8, 4) is 11.5 Å². The zero-order chi connectivity index (χ0) is 18.2. The Balaban J connectivity index is 1.44. The van der Waals surface area contributed by atoms with Gasteiger partial charge in [-0.2, -0.15) is 0 Å². The Labute approximate surface area is 161 Å². The molecule has 0 bridgehead atoms. The molecule has 0 radical (unpaired) electrons. The highest BCUT2D eigenvalue weighted by molar-refractivity contribution is 7.16. The largest absolute Gasteiger partial charge is 0.490 e. The molecule has 5 rings (SSSR count). The molecule has 0 spiro atoms. The second kappa shape index (κ2) is 6.85. The summed E-state index contributed by atoms with van der Waals surface area (Å²) in [4.78, 5) is 19.5. The van der Waals surface area contributed by atoms with E-state index in [1.165, 1.54) is 0 Å². The normalized spacial score (nSPS) is 19.3. The molecule has 3 aromatic rings. The first-order valence-corrected chi connectivity index (χ1v) is 10.2. The molecule has 1 atom stereocenters. The number of ether oxygens (including phenoxy) is 2. The SMILES string of the molecule is O=C(c1ccc2ncsc2c1)N1CCC[C@H]1c1ccc2c(c1)OCCCO2. The molecule has 27 heavy (non-hydrogen) atoms. The summed E-state index contributed by atoms with van der Waals surface area (Å²) in [7, 11) is 0. The van der Waals surface area contributed by atoms with E-state index >= 15 is 0 Å². The number of rotatable bonds is 2. The smallest absolute Gasteiger partial charge is 0.254 e. The van der Waals surface area contributed by atoms with Crippen LogP contribution in [0.25, 0.3) is 10.2 Å². The van der Waals surface area contributed by atoms with Gasteiger partial charge in [-0.15, -0.1) is 11.3 Å². The van der Waals surface area contributed by atoms with E-state index in [1.54, 1.807) is 11.3 Å². The first kappa shape index (κ1) is 16.6. The van der Waals surface area contributed by atoms with Gasteiger partial charge in [-0.05, 0) is 48.7 Å². The fourth-order valence-electron chi connectivity index (χ4n) is 3.90. The molecule has 138 valence electrons. The van der Waals surface area contributed by atoms with Crippen LogP contribution < -0.4 is 9.47 Å². The van der Waals surface area contributed by atoms with Crippen molar-refractivity contribution in [2.45, 2.75) is 25.3 Å². The number of aromatic nitrogens is 1. The lowest BCUT2D eigenvalue weighted by Crippen LogP contribution is -2.30. The van der Waals surface area contributed by atoms with Gasteiger partial charge in [0.25, 0.3) is 5.91 Å². The van der Waals surface area contributed by atoms with Crippen molar-refractivity contribution >= 4 is 27.5 Å². The van der Waals surface area contributed by atoms with Crippen LogP contribution in [0.2, 0.25) is 0 Å². The van der Waals surface area contributed by atoms with Gasteiger partial charge in [0.1, 0.15) is 0 Å². The Morgan fingerprint density at radius 1 is 1.07 bits per heavy atom. The van der Waals surface area contributed by atoms with Gasteiger partial charge >= 0.3 is 0 Å². The van der Waals surface area contributed by atoms with E-state index in [-0.39, 0.29) is 11.9 Å². The highest BCUT2D eigenvalue weighted by Gasteiger charge is 2.31. The maximum atomic E-state index is 13.2. The molecule has 0 saturated carbocycles. The molecule has 1 amide bonds. The summed E-state index contributed by atoms with van der Waals surface area (Å²) in [6.45, 7) is 2.12. The standard InChI is InChI=1S/C21H20N2O3S/c24-21(15-4-6-16-20(12-15)27-13-22-16)23-8-1-3-17(23)14-5-7-18-19(11-14)26-10-2-9-25-18/h4-7,11-13,17H,1-3,8-10H2/t17-/m0/s1.